The lowest BCUT2D eigenvalue weighted by atomic mass is 9.79. The van der Waals surface area contributed by atoms with Gasteiger partial charge >= 0.3 is 0 Å². The first-order chi connectivity index (χ1) is 9.70. The van der Waals surface area contributed by atoms with Gasteiger partial charge in [-0.15, -0.1) is 0 Å². The Morgan fingerprint density at radius 3 is 2.85 bits per heavy atom. The van der Waals surface area contributed by atoms with Crippen molar-refractivity contribution in [3.8, 4) is 0 Å². The molecule has 1 heterocycles. The second-order valence-electron chi connectivity index (χ2n) is 6.12. The molecule has 3 rings (SSSR count). The van der Waals surface area contributed by atoms with E-state index in [4.69, 9.17) is 11.6 Å². The molecule has 2 aliphatic rings. The Balaban J connectivity index is 1.81. The minimum atomic E-state index is -0.140. The molecule has 1 saturated heterocycles. The Hall–Kier alpha value is -0.640. The Bertz CT molecular complexity index is 463. The van der Waals surface area contributed by atoms with Crippen LogP contribution in [0.25, 0.3) is 0 Å². The van der Waals surface area contributed by atoms with E-state index < -0.39 is 0 Å². The molecule has 0 unspecified atom stereocenters. The predicted octanol–water partition coefficient (Wildman–Crippen LogP) is 3.59. The van der Waals surface area contributed by atoms with Crippen LogP contribution in [0.5, 0.6) is 0 Å². The molecule has 1 aromatic carbocycles. The molecule has 20 heavy (non-hydrogen) atoms. The van der Waals surface area contributed by atoms with Crippen LogP contribution >= 0.6 is 11.6 Å². The third-order valence-electron chi connectivity index (χ3n) is 4.84. The molecule has 4 heteroatoms. The largest absolute Gasteiger partial charge is 0.314 e. The van der Waals surface area contributed by atoms with Crippen LogP contribution in [0.2, 0.25) is 5.02 Å². The van der Waals surface area contributed by atoms with Gasteiger partial charge in [0.1, 0.15) is 5.82 Å². The molecule has 0 atom stereocenters. The van der Waals surface area contributed by atoms with Crippen LogP contribution in [0.1, 0.15) is 37.7 Å². The molecule has 2 fully saturated rings. The Kier molecular flexibility index (Phi) is 4.29. The third kappa shape index (κ3) is 2.85. The molecule has 1 saturated carbocycles. The van der Waals surface area contributed by atoms with E-state index in [9.17, 15) is 4.39 Å². The van der Waals surface area contributed by atoms with Crippen molar-refractivity contribution in [1.29, 1.82) is 0 Å². The van der Waals surface area contributed by atoms with Crippen LogP contribution in [0.15, 0.2) is 18.2 Å². The molecular formula is C16H22ClFN2. The summed E-state index contributed by atoms with van der Waals surface area (Å²) in [5.74, 6) is -0.140. The molecule has 0 bridgehead atoms. The van der Waals surface area contributed by atoms with Gasteiger partial charge in [0, 0.05) is 42.3 Å². The van der Waals surface area contributed by atoms with Crippen molar-refractivity contribution < 1.29 is 4.39 Å². The van der Waals surface area contributed by atoms with Gasteiger partial charge in [-0.1, -0.05) is 30.9 Å². The lowest BCUT2D eigenvalue weighted by Crippen LogP contribution is -2.61. The third-order valence-corrected chi connectivity index (χ3v) is 5.07. The maximum absolute atomic E-state index is 14.0. The number of rotatable bonds is 2. The van der Waals surface area contributed by atoms with Gasteiger partial charge in [0.2, 0.25) is 0 Å². The van der Waals surface area contributed by atoms with Crippen molar-refractivity contribution in [3.05, 3.63) is 34.6 Å². The van der Waals surface area contributed by atoms with Crippen molar-refractivity contribution in [1.82, 2.24) is 10.2 Å². The summed E-state index contributed by atoms with van der Waals surface area (Å²) >= 11 is 6.01. The zero-order valence-corrected chi connectivity index (χ0v) is 12.6. The first-order valence-electron chi connectivity index (χ1n) is 7.59. The maximum Gasteiger partial charge on any atom is 0.127 e. The Morgan fingerprint density at radius 2 is 2.05 bits per heavy atom. The molecule has 1 spiro atoms. The number of halogens is 2. The van der Waals surface area contributed by atoms with E-state index in [1.54, 1.807) is 12.1 Å². The lowest BCUT2D eigenvalue weighted by Gasteiger charge is -2.50. The van der Waals surface area contributed by atoms with E-state index in [1.165, 1.54) is 38.2 Å². The quantitative estimate of drug-likeness (QED) is 0.897. The summed E-state index contributed by atoms with van der Waals surface area (Å²) in [6, 6.07) is 4.87. The summed E-state index contributed by atoms with van der Waals surface area (Å²) in [6.07, 6.45) is 6.36. The molecule has 2 nitrogen and oxygen atoms in total. The molecule has 1 aromatic rings. The van der Waals surface area contributed by atoms with E-state index in [0.717, 1.165) is 25.2 Å². The molecule has 0 radical (unpaired) electrons. The van der Waals surface area contributed by atoms with E-state index in [0.29, 0.717) is 11.6 Å². The number of nitrogens with zero attached hydrogens (tertiary/aromatic N) is 1. The Labute approximate surface area is 125 Å². The van der Waals surface area contributed by atoms with Gasteiger partial charge in [0.05, 0.1) is 0 Å². The second kappa shape index (κ2) is 6.00. The number of benzene rings is 1. The summed E-state index contributed by atoms with van der Waals surface area (Å²) < 4.78 is 14.0. The van der Waals surface area contributed by atoms with E-state index in [1.807, 2.05) is 0 Å². The highest BCUT2D eigenvalue weighted by Crippen LogP contribution is 2.35. The van der Waals surface area contributed by atoms with Gasteiger partial charge in [-0.2, -0.15) is 0 Å². The highest BCUT2D eigenvalue weighted by Gasteiger charge is 2.39. The van der Waals surface area contributed by atoms with Crippen LogP contribution in [0.3, 0.4) is 0 Å². The molecule has 0 amide bonds. The zero-order valence-electron chi connectivity index (χ0n) is 11.8. The van der Waals surface area contributed by atoms with Crippen molar-refractivity contribution in [2.75, 3.05) is 19.6 Å². The fourth-order valence-electron chi connectivity index (χ4n) is 3.70. The zero-order chi connectivity index (χ0) is 14.0. The van der Waals surface area contributed by atoms with Crippen LogP contribution < -0.4 is 5.32 Å². The fraction of sp³-hybridized carbons (Fsp3) is 0.625. The van der Waals surface area contributed by atoms with Gasteiger partial charge in [0.15, 0.2) is 0 Å². The van der Waals surface area contributed by atoms with Gasteiger partial charge in [-0.25, -0.2) is 4.39 Å². The van der Waals surface area contributed by atoms with Gasteiger partial charge < -0.3 is 5.32 Å². The SMILES string of the molecule is Fc1ccc(Cl)cc1CN1CCNCC12CCCCC2. The topological polar surface area (TPSA) is 15.3 Å². The highest BCUT2D eigenvalue weighted by atomic mass is 35.5. The monoisotopic (exact) mass is 296 g/mol. The summed E-state index contributed by atoms with van der Waals surface area (Å²) in [7, 11) is 0. The average molecular weight is 297 g/mol. The highest BCUT2D eigenvalue weighted by molar-refractivity contribution is 6.30. The van der Waals surface area contributed by atoms with Crippen molar-refractivity contribution in [3.63, 3.8) is 0 Å². The minimum absolute atomic E-state index is 0.140. The molecule has 1 aliphatic heterocycles. The molecule has 110 valence electrons. The maximum atomic E-state index is 14.0. The summed E-state index contributed by atoms with van der Waals surface area (Å²) in [5, 5.41) is 4.15. The summed E-state index contributed by atoms with van der Waals surface area (Å²) in [6.45, 7) is 3.69. The molecular weight excluding hydrogens is 275 g/mol. The van der Waals surface area contributed by atoms with E-state index >= 15 is 0 Å². The van der Waals surface area contributed by atoms with E-state index in [-0.39, 0.29) is 11.4 Å². The smallest absolute Gasteiger partial charge is 0.127 e. The predicted molar refractivity (Wildman–Crippen MR) is 80.5 cm³/mol. The standard InChI is InChI=1S/C16H22ClFN2/c17-14-4-5-15(18)13(10-14)11-20-9-8-19-12-16(20)6-2-1-3-7-16/h4-5,10,19H,1-3,6-9,11-12H2. The minimum Gasteiger partial charge on any atom is -0.314 e. The van der Waals surface area contributed by atoms with Crippen molar-refractivity contribution >= 4 is 11.6 Å². The van der Waals surface area contributed by atoms with Gasteiger partial charge in [0.25, 0.3) is 0 Å². The van der Waals surface area contributed by atoms with Crippen molar-refractivity contribution in [2.24, 2.45) is 0 Å². The van der Waals surface area contributed by atoms with Crippen LogP contribution in [0, 0.1) is 5.82 Å². The second-order valence-corrected chi connectivity index (χ2v) is 6.56. The molecule has 1 N–H and O–H groups in total. The average Bonchev–Trinajstić information content (AvgIpc) is 2.46. The fourth-order valence-corrected chi connectivity index (χ4v) is 3.90. The number of hydrogen-bond acceptors (Lipinski definition) is 2. The van der Waals surface area contributed by atoms with Crippen molar-refractivity contribution in [2.45, 2.75) is 44.2 Å². The first-order valence-corrected chi connectivity index (χ1v) is 7.97. The molecule has 0 aromatic heterocycles. The van der Waals surface area contributed by atoms with Crippen LogP contribution in [0.4, 0.5) is 4.39 Å². The molecule has 1 aliphatic carbocycles. The van der Waals surface area contributed by atoms with Crippen LogP contribution in [-0.4, -0.2) is 30.1 Å². The Morgan fingerprint density at radius 1 is 1.25 bits per heavy atom. The van der Waals surface area contributed by atoms with Gasteiger partial charge in [-0.05, 0) is 31.0 Å². The van der Waals surface area contributed by atoms with Gasteiger partial charge in [-0.3, -0.25) is 4.90 Å². The summed E-state index contributed by atoms with van der Waals surface area (Å²) in [4.78, 5) is 2.48. The van der Waals surface area contributed by atoms with E-state index in [2.05, 4.69) is 10.2 Å². The number of piperazine rings is 1. The lowest BCUT2D eigenvalue weighted by molar-refractivity contribution is 0.0201. The first kappa shape index (κ1) is 14.3. The number of hydrogen-bond donors (Lipinski definition) is 1. The normalized spacial score (nSPS) is 23.1. The summed E-state index contributed by atoms with van der Waals surface area (Å²) in [5.41, 5.74) is 0.954. The van der Waals surface area contributed by atoms with Crippen LogP contribution in [-0.2, 0) is 6.54 Å². The number of nitrogens with one attached hydrogen (secondary N) is 1.